The Morgan fingerprint density at radius 2 is 2.00 bits per heavy atom. The number of para-hydroxylation sites is 1. The zero-order valence-electron chi connectivity index (χ0n) is 19.7. The van der Waals surface area contributed by atoms with E-state index in [0.717, 1.165) is 52.3 Å². The molecule has 176 valence electrons. The van der Waals surface area contributed by atoms with E-state index in [0.29, 0.717) is 18.5 Å². The van der Waals surface area contributed by atoms with E-state index in [9.17, 15) is 4.79 Å². The van der Waals surface area contributed by atoms with Crippen molar-refractivity contribution in [1.82, 2.24) is 9.55 Å². The second kappa shape index (κ2) is 9.99. The molecule has 1 amide bonds. The first-order chi connectivity index (χ1) is 15.8. The number of pyridine rings is 1. The van der Waals surface area contributed by atoms with Crippen molar-refractivity contribution in [3.05, 3.63) is 42.6 Å². The summed E-state index contributed by atoms with van der Waals surface area (Å²) in [6.07, 6.45) is 3.00. The summed E-state index contributed by atoms with van der Waals surface area (Å²) in [5.41, 5.74) is 2.82. The average molecular weight is 531 g/mol. The van der Waals surface area contributed by atoms with Crippen LogP contribution in [0.5, 0.6) is 5.75 Å². The number of nitrogens with one attached hydrogen (secondary N) is 1. The highest BCUT2D eigenvalue weighted by atomic mass is 79.9. The lowest BCUT2D eigenvalue weighted by Gasteiger charge is -2.15. The van der Waals surface area contributed by atoms with Crippen molar-refractivity contribution < 1.29 is 14.3 Å². The zero-order chi connectivity index (χ0) is 23.6. The van der Waals surface area contributed by atoms with E-state index in [-0.39, 0.29) is 11.8 Å². The first-order valence-corrected chi connectivity index (χ1v) is 16.2. The van der Waals surface area contributed by atoms with Crippen molar-refractivity contribution in [1.29, 1.82) is 0 Å². The van der Waals surface area contributed by atoms with Gasteiger partial charge in [-0.2, -0.15) is 0 Å². The van der Waals surface area contributed by atoms with Crippen LogP contribution in [0, 0.1) is 11.8 Å². The molecule has 0 bridgehead atoms. The number of halogens is 1. The number of amides is 1. The second-order valence-corrected chi connectivity index (χ2v) is 16.1. The van der Waals surface area contributed by atoms with Crippen LogP contribution in [0.2, 0.25) is 25.7 Å². The van der Waals surface area contributed by atoms with E-state index in [1.165, 1.54) is 0 Å². The van der Waals surface area contributed by atoms with Gasteiger partial charge in [-0.1, -0.05) is 53.8 Å². The summed E-state index contributed by atoms with van der Waals surface area (Å²) >= 11 is 3.47. The normalized spacial score (nSPS) is 17.8. The fraction of sp³-hybridized carbons (Fsp3) is 0.440. The van der Waals surface area contributed by atoms with Gasteiger partial charge in [0.2, 0.25) is 5.91 Å². The monoisotopic (exact) mass is 529 g/mol. The predicted molar refractivity (Wildman–Crippen MR) is 140 cm³/mol. The first-order valence-electron chi connectivity index (χ1n) is 11.4. The fourth-order valence-electron chi connectivity index (χ4n) is 3.91. The molecule has 2 aromatic heterocycles. The second-order valence-electron chi connectivity index (χ2n) is 9.87. The van der Waals surface area contributed by atoms with E-state index in [2.05, 4.69) is 47.1 Å². The molecule has 1 saturated carbocycles. The maximum absolute atomic E-state index is 12.6. The molecule has 1 aromatic carbocycles. The summed E-state index contributed by atoms with van der Waals surface area (Å²) in [7, 11) is 0.515. The third kappa shape index (κ3) is 5.67. The van der Waals surface area contributed by atoms with Crippen molar-refractivity contribution >= 4 is 46.8 Å². The SMILES string of the molecule is COc1ccccc1-c1cn(COCC[Si](C)(C)C)c2nc(NC(=O)C3CC3CBr)ccc12. The molecule has 1 aliphatic carbocycles. The Labute approximate surface area is 204 Å². The topological polar surface area (TPSA) is 65.4 Å². The van der Waals surface area contributed by atoms with Crippen molar-refractivity contribution in [2.45, 2.75) is 38.8 Å². The Bertz CT molecular complexity index is 1140. The van der Waals surface area contributed by atoms with E-state index >= 15 is 0 Å². The van der Waals surface area contributed by atoms with E-state index in [4.69, 9.17) is 14.5 Å². The smallest absolute Gasteiger partial charge is 0.228 e. The van der Waals surface area contributed by atoms with Crippen LogP contribution in [0.15, 0.2) is 42.6 Å². The molecule has 2 heterocycles. The molecule has 3 aromatic rings. The van der Waals surface area contributed by atoms with Crippen LogP contribution < -0.4 is 10.1 Å². The van der Waals surface area contributed by atoms with Crippen LogP contribution in [0.3, 0.4) is 0 Å². The molecule has 33 heavy (non-hydrogen) atoms. The number of hydrogen-bond acceptors (Lipinski definition) is 4. The molecule has 1 fully saturated rings. The van der Waals surface area contributed by atoms with Gasteiger partial charge in [-0.15, -0.1) is 0 Å². The highest BCUT2D eigenvalue weighted by Crippen LogP contribution is 2.41. The van der Waals surface area contributed by atoms with Gasteiger partial charge in [0, 0.05) is 48.6 Å². The molecule has 1 aliphatic rings. The molecule has 6 nitrogen and oxygen atoms in total. The molecule has 0 spiro atoms. The van der Waals surface area contributed by atoms with Crippen molar-refractivity contribution in [3.63, 3.8) is 0 Å². The lowest BCUT2D eigenvalue weighted by atomic mass is 10.0. The van der Waals surface area contributed by atoms with Crippen LogP contribution in [-0.4, -0.2) is 42.6 Å². The van der Waals surface area contributed by atoms with E-state index < -0.39 is 8.07 Å². The number of nitrogens with zero attached hydrogens (tertiary/aromatic N) is 2. The molecule has 0 radical (unpaired) electrons. The van der Waals surface area contributed by atoms with Gasteiger partial charge in [-0.3, -0.25) is 4.79 Å². The highest BCUT2D eigenvalue weighted by Gasteiger charge is 2.42. The number of anilines is 1. The average Bonchev–Trinajstić information content (AvgIpc) is 3.51. The molecular weight excluding hydrogens is 498 g/mol. The van der Waals surface area contributed by atoms with Gasteiger partial charge in [0.15, 0.2) is 0 Å². The molecule has 2 atom stereocenters. The number of alkyl halides is 1. The predicted octanol–water partition coefficient (Wildman–Crippen LogP) is 5.99. The van der Waals surface area contributed by atoms with Crippen molar-refractivity contribution in [3.8, 4) is 16.9 Å². The Hall–Kier alpha value is -2.16. The van der Waals surface area contributed by atoms with Gasteiger partial charge in [-0.05, 0) is 36.6 Å². The van der Waals surface area contributed by atoms with E-state index in [1.807, 2.05) is 41.0 Å². The largest absolute Gasteiger partial charge is 0.496 e. The van der Waals surface area contributed by atoms with Gasteiger partial charge in [0.1, 0.15) is 23.9 Å². The third-order valence-corrected chi connectivity index (χ3v) is 8.59. The van der Waals surface area contributed by atoms with Crippen LogP contribution in [0.4, 0.5) is 5.82 Å². The lowest BCUT2D eigenvalue weighted by molar-refractivity contribution is -0.117. The summed E-state index contributed by atoms with van der Waals surface area (Å²) in [5.74, 6) is 1.92. The number of carbonyl (C=O) groups is 1. The summed E-state index contributed by atoms with van der Waals surface area (Å²) in [4.78, 5) is 17.4. The standard InChI is InChI=1S/C25H32BrN3O3Si/c1-31-22-8-6-5-7-18(22)21-15-29(16-32-11-12-33(2,3)4)24-19(21)9-10-23(27-24)28-25(30)20-13-17(20)14-26/h5-10,15,17,20H,11-14,16H2,1-4H3,(H,27,28,30). The summed E-state index contributed by atoms with van der Waals surface area (Å²) in [6, 6.07) is 13.0. The number of rotatable bonds is 10. The number of fused-ring (bicyclic) bond motifs is 1. The Kier molecular flexibility index (Phi) is 7.26. The number of hydrogen-bond donors (Lipinski definition) is 1. The number of aromatic nitrogens is 2. The molecule has 1 N–H and O–H groups in total. The minimum Gasteiger partial charge on any atom is -0.496 e. The summed E-state index contributed by atoms with van der Waals surface area (Å²) in [6.45, 7) is 8.17. The molecule has 0 saturated heterocycles. The summed E-state index contributed by atoms with van der Waals surface area (Å²) < 4.78 is 13.7. The van der Waals surface area contributed by atoms with E-state index in [1.54, 1.807) is 7.11 Å². The van der Waals surface area contributed by atoms with Gasteiger partial charge in [0.05, 0.1) is 7.11 Å². The molecule has 0 aliphatic heterocycles. The summed E-state index contributed by atoms with van der Waals surface area (Å²) in [5, 5.41) is 4.86. The molecule has 4 rings (SSSR count). The number of carbonyl (C=O) groups excluding carboxylic acids is 1. The third-order valence-electron chi connectivity index (χ3n) is 6.06. The minimum absolute atomic E-state index is 0.0424. The first kappa shape index (κ1) is 24.0. The van der Waals surface area contributed by atoms with Crippen molar-refractivity contribution in [2.24, 2.45) is 11.8 Å². The number of benzene rings is 1. The maximum atomic E-state index is 12.6. The minimum atomic E-state index is -1.17. The van der Waals surface area contributed by atoms with Crippen molar-refractivity contribution in [2.75, 3.05) is 24.4 Å². The van der Waals surface area contributed by atoms with Crippen LogP contribution in [0.25, 0.3) is 22.2 Å². The highest BCUT2D eigenvalue weighted by molar-refractivity contribution is 9.09. The number of methoxy groups -OCH3 is 1. The zero-order valence-corrected chi connectivity index (χ0v) is 22.3. The number of ether oxygens (including phenoxy) is 2. The molecule has 8 heteroatoms. The molecule has 2 unspecified atom stereocenters. The van der Waals surface area contributed by atoms with Crippen LogP contribution in [-0.2, 0) is 16.3 Å². The van der Waals surface area contributed by atoms with Crippen LogP contribution in [0.1, 0.15) is 6.42 Å². The Morgan fingerprint density at radius 1 is 1.21 bits per heavy atom. The Balaban J connectivity index is 1.64. The molecular formula is C25H32BrN3O3Si. The Morgan fingerprint density at radius 3 is 2.70 bits per heavy atom. The lowest BCUT2D eigenvalue weighted by Crippen LogP contribution is -2.22. The van der Waals surface area contributed by atoms with Gasteiger partial charge >= 0.3 is 0 Å². The van der Waals surface area contributed by atoms with Crippen LogP contribution >= 0.6 is 15.9 Å². The maximum Gasteiger partial charge on any atom is 0.228 e. The van der Waals surface area contributed by atoms with Gasteiger partial charge < -0.3 is 19.4 Å². The van der Waals surface area contributed by atoms with Gasteiger partial charge in [-0.25, -0.2) is 4.98 Å². The van der Waals surface area contributed by atoms with Gasteiger partial charge in [0.25, 0.3) is 0 Å². The fourth-order valence-corrected chi connectivity index (χ4v) is 5.39. The quantitative estimate of drug-likeness (QED) is 0.199.